The van der Waals surface area contributed by atoms with Crippen LogP contribution in [0.1, 0.15) is 54.9 Å². The molecule has 7 nitrogen and oxygen atoms in total. The highest BCUT2D eigenvalue weighted by atomic mass is 32.1. The molecule has 0 saturated carbocycles. The van der Waals surface area contributed by atoms with Crippen LogP contribution in [0.25, 0.3) is 0 Å². The highest BCUT2D eigenvalue weighted by molar-refractivity contribution is 7.10. The molecule has 0 spiro atoms. The van der Waals surface area contributed by atoms with E-state index < -0.39 is 23.7 Å². The first-order valence-corrected chi connectivity index (χ1v) is 12.7. The van der Waals surface area contributed by atoms with E-state index in [0.717, 1.165) is 31.5 Å². The molecule has 3 fully saturated rings. The number of ether oxygens (including phenoxy) is 2. The number of Topliss-reactive ketones (excluding diaryl/α,β-unsaturated/α-hetero) is 1. The predicted octanol–water partition coefficient (Wildman–Crippen LogP) is 4.35. The molecule has 1 aromatic carbocycles. The molecule has 2 atom stereocenters. The van der Waals surface area contributed by atoms with Gasteiger partial charge in [0.15, 0.2) is 12.1 Å². The van der Waals surface area contributed by atoms with Crippen LogP contribution in [0, 0.1) is 5.92 Å². The zero-order chi connectivity index (χ0) is 24.3. The SMILES string of the molecule is CC(C)(C)OC(=O)NC(C(=O)OC1C[N+]2(CC(=O)c3ccccc3)CCC1CC2)c1cccs1. The monoisotopic (exact) mass is 485 g/mol. The number of thiophene rings is 1. The summed E-state index contributed by atoms with van der Waals surface area (Å²) in [6.07, 6.45) is 0.905. The van der Waals surface area contributed by atoms with E-state index in [2.05, 4.69) is 5.32 Å². The molecule has 2 bridgehead atoms. The number of esters is 1. The van der Waals surface area contributed by atoms with Crippen LogP contribution in [0.4, 0.5) is 4.79 Å². The Hall–Kier alpha value is -2.71. The number of fused-ring (bicyclic) bond motifs is 3. The predicted molar refractivity (Wildman–Crippen MR) is 130 cm³/mol. The summed E-state index contributed by atoms with van der Waals surface area (Å²) in [7, 11) is 0. The summed E-state index contributed by atoms with van der Waals surface area (Å²) in [5.41, 5.74) is 0.0432. The number of piperidine rings is 3. The normalized spacial score (nSPS) is 24.8. The highest BCUT2D eigenvalue weighted by Gasteiger charge is 2.49. The summed E-state index contributed by atoms with van der Waals surface area (Å²) in [6, 6.07) is 12.1. The number of hydrogen-bond donors (Lipinski definition) is 1. The molecule has 3 aliphatic rings. The van der Waals surface area contributed by atoms with Crippen molar-refractivity contribution in [3.8, 4) is 0 Å². The van der Waals surface area contributed by atoms with E-state index in [1.54, 1.807) is 26.8 Å². The first kappa shape index (κ1) is 24.4. The summed E-state index contributed by atoms with van der Waals surface area (Å²) in [5, 5.41) is 4.55. The van der Waals surface area contributed by atoms with Crippen molar-refractivity contribution in [1.29, 1.82) is 0 Å². The summed E-state index contributed by atoms with van der Waals surface area (Å²) >= 11 is 1.38. The van der Waals surface area contributed by atoms with Gasteiger partial charge in [-0.3, -0.25) is 4.79 Å². The molecular formula is C26H33N2O5S+. The number of carbonyl (C=O) groups is 3. The van der Waals surface area contributed by atoms with Crippen molar-refractivity contribution in [2.75, 3.05) is 26.2 Å². The minimum atomic E-state index is -0.926. The van der Waals surface area contributed by atoms with Gasteiger partial charge in [0, 0.05) is 29.2 Å². The number of benzene rings is 1. The fourth-order valence-corrected chi connectivity index (χ4v) is 5.70. The van der Waals surface area contributed by atoms with Crippen LogP contribution < -0.4 is 5.32 Å². The Labute approximate surface area is 204 Å². The van der Waals surface area contributed by atoms with Gasteiger partial charge in [0.25, 0.3) is 0 Å². The number of nitrogens with zero attached hydrogens (tertiary/aromatic N) is 1. The lowest BCUT2D eigenvalue weighted by atomic mass is 9.82. The fourth-order valence-electron chi connectivity index (χ4n) is 4.94. The van der Waals surface area contributed by atoms with Gasteiger partial charge in [-0.25, -0.2) is 9.59 Å². The largest absolute Gasteiger partial charge is 0.454 e. The van der Waals surface area contributed by atoms with Crippen LogP contribution in [0.15, 0.2) is 47.8 Å². The van der Waals surface area contributed by atoms with Crippen molar-refractivity contribution in [1.82, 2.24) is 5.32 Å². The second kappa shape index (κ2) is 9.88. The minimum Gasteiger partial charge on any atom is -0.454 e. The van der Waals surface area contributed by atoms with Gasteiger partial charge in [0.05, 0.1) is 13.1 Å². The molecule has 2 aromatic rings. The lowest BCUT2D eigenvalue weighted by molar-refractivity contribution is -0.938. The third-order valence-electron chi connectivity index (χ3n) is 6.61. The quantitative estimate of drug-likeness (QED) is 0.358. The molecule has 3 saturated heterocycles. The van der Waals surface area contributed by atoms with Gasteiger partial charge >= 0.3 is 12.1 Å². The number of amides is 1. The van der Waals surface area contributed by atoms with E-state index in [1.165, 1.54) is 11.3 Å². The van der Waals surface area contributed by atoms with Crippen LogP contribution in [0.2, 0.25) is 0 Å². The maximum Gasteiger partial charge on any atom is 0.408 e. The van der Waals surface area contributed by atoms with Crippen LogP contribution in [0.5, 0.6) is 0 Å². The number of nitrogens with one attached hydrogen (secondary N) is 1. The van der Waals surface area contributed by atoms with Crippen LogP contribution in [-0.4, -0.2) is 60.2 Å². The lowest BCUT2D eigenvalue weighted by Gasteiger charge is -2.51. The second-order valence-corrected chi connectivity index (χ2v) is 11.3. The Morgan fingerprint density at radius 3 is 2.41 bits per heavy atom. The van der Waals surface area contributed by atoms with Gasteiger partial charge in [-0.2, -0.15) is 0 Å². The van der Waals surface area contributed by atoms with Crippen molar-refractivity contribution in [2.24, 2.45) is 5.92 Å². The topological polar surface area (TPSA) is 81.7 Å². The number of quaternary nitrogens is 1. The van der Waals surface area contributed by atoms with E-state index in [4.69, 9.17) is 9.47 Å². The van der Waals surface area contributed by atoms with Crippen molar-refractivity contribution < 1.29 is 28.3 Å². The number of carbonyl (C=O) groups excluding carboxylic acids is 3. The maximum absolute atomic E-state index is 13.3. The van der Waals surface area contributed by atoms with Crippen molar-refractivity contribution >= 4 is 29.2 Å². The minimum absolute atomic E-state index is 0.120. The third kappa shape index (κ3) is 5.85. The Balaban J connectivity index is 1.44. The summed E-state index contributed by atoms with van der Waals surface area (Å²) < 4.78 is 12.0. The third-order valence-corrected chi connectivity index (χ3v) is 7.55. The maximum atomic E-state index is 13.3. The van der Waals surface area contributed by atoms with Crippen molar-refractivity contribution in [2.45, 2.75) is 51.4 Å². The van der Waals surface area contributed by atoms with E-state index in [9.17, 15) is 14.4 Å². The van der Waals surface area contributed by atoms with Crippen LogP contribution in [-0.2, 0) is 14.3 Å². The lowest BCUT2D eigenvalue weighted by Crippen LogP contribution is -2.66. The van der Waals surface area contributed by atoms with Gasteiger partial charge in [-0.1, -0.05) is 36.4 Å². The zero-order valence-electron chi connectivity index (χ0n) is 20.0. The fraction of sp³-hybridized carbons (Fsp3) is 0.500. The molecule has 4 heterocycles. The molecule has 34 heavy (non-hydrogen) atoms. The zero-order valence-corrected chi connectivity index (χ0v) is 20.8. The van der Waals surface area contributed by atoms with Crippen LogP contribution >= 0.6 is 11.3 Å². The first-order valence-electron chi connectivity index (χ1n) is 11.8. The van der Waals surface area contributed by atoms with Gasteiger partial charge in [-0.15, -0.1) is 11.3 Å². The molecule has 0 aliphatic carbocycles. The number of alkyl carbamates (subject to hydrolysis) is 1. The summed E-state index contributed by atoms with van der Waals surface area (Å²) in [4.78, 5) is 39.3. The Morgan fingerprint density at radius 1 is 1.09 bits per heavy atom. The molecule has 5 rings (SSSR count). The number of rotatable bonds is 7. The molecule has 182 valence electrons. The smallest absolute Gasteiger partial charge is 0.408 e. The molecule has 0 radical (unpaired) electrons. The Kier molecular flexibility index (Phi) is 7.09. The van der Waals surface area contributed by atoms with E-state index >= 15 is 0 Å². The molecule has 1 aromatic heterocycles. The summed E-state index contributed by atoms with van der Waals surface area (Å²) in [6.45, 7) is 8.20. The van der Waals surface area contributed by atoms with Gasteiger partial charge < -0.3 is 19.3 Å². The number of ketones is 1. The van der Waals surface area contributed by atoms with E-state index in [1.807, 2.05) is 41.8 Å². The number of hydrogen-bond acceptors (Lipinski definition) is 6. The van der Waals surface area contributed by atoms with Crippen LogP contribution in [0.3, 0.4) is 0 Å². The molecule has 8 heteroatoms. The van der Waals surface area contributed by atoms with E-state index in [-0.39, 0.29) is 17.8 Å². The van der Waals surface area contributed by atoms with Gasteiger partial charge in [0.2, 0.25) is 5.78 Å². The van der Waals surface area contributed by atoms with E-state index in [0.29, 0.717) is 22.4 Å². The molecule has 1 N–H and O–H groups in total. The van der Waals surface area contributed by atoms with Gasteiger partial charge in [0.1, 0.15) is 18.7 Å². The second-order valence-electron chi connectivity index (χ2n) is 10.3. The Bertz CT molecular complexity index is 1010. The molecule has 1 amide bonds. The average Bonchev–Trinajstić information content (AvgIpc) is 3.32. The summed E-state index contributed by atoms with van der Waals surface area (Å²) in [5.74, 6) is -0.0880. The average molecular weight is 486 g/mol. The molecule has 2 unspecified atom stereocenters. The first-order chi connectivity index (χ1) is 16.1. The highest BCUT2D eigenvalue weighted by Crippen LogP contribution is 2.36. The van der Waals surface area contributed by atoms with Gasteiger partial charge in [-0.05, 0) is 32.2 Å². The standard InChI is InChI=1S/C26H32N2O5S/c1-26(2,3)33-25(31)27-23(22-10-7-15-34-22)24(30)32-21-17-28(13-11-19(21)12-14-28)16-20(29)18-8-5-4-6-9-18/h4-10,15,19,21,23H,11-14,16-17H2,1-3H3/p+1. The molecular weight excluding hydrogens is 452 g/mol. The van der Waals surface area contributed by atoms with Crippen molar-refractivity contribution in [3.05, 3.63) is 58.3 Å². The van der Waals surface area contributed by atoms with Crippen molar-refractivity contribution in [3.63, 3.8) is 0 Å². The Morgan fingerprint density at radius 2 is 1.79 bits per heavy atom. The molecule has 3 aliphatic heterocycles.